The minimum atomic E-state index is -1.74. The monoisotopic (exact) mass is 338 g/mol. The number of carbonyl (C=O) groups is 1. The van der Waals surface area contributed by atoms with Crippen molar-refractivity contribution >= 4 is 5.97 Å². The van der Waals surface area contributed by atoms with Gasteiger partial charge in [-0.15, -0.1) is 0 Å². The molecule has 0 radical (unpaired) electrons. The summed E-state index contributed by atoms with van der Waals surface area (Å²) in [5.41, 5.74) is 1.01. The van der Waals surface area contributed by atoms with Crippen LogP contribution in [0.3, 0.4) is 0 Å². The Labute approximate surface area is 139 Å². The van der Waals surface area contributed by atoms with Crippen molar-refractivity contribution in [2.45, 2.75) is 49.5 Å². The van der Waals surface area contributed by atoms with Gasteiger partial charge in [-0.3, -0.25) is 4.90 Å². The molecule has 0 aromatic carbocycles. The molecule has 0 bridgehead atoms. The predicted octanol–water partition coefficient (Wildman–Crippen LogP) is -2.53. The van der Waals surface area contributed by atoms with Gasteiger partial charge in [0.05, 0.1) is 5.97 Å². The molecular formula is C16H22N2O6. The number of aliphatic carboxylic acids is 1. The summed E-state index contributed by atoms with van der Waals surface area (Å²) in [6.07, 6.45) is -2.18. The Bertz CT molecular complexity index is 612. The molecule has 6 atom stereocenters. The predicted molar refractivity (Wildman–Crippen MR) is 78.2 cm³/mol. The normalized spacial score (nSPS) is 37.5. The number of hydrogen-bond acceptors (Lipinski definition) is 7. The SMILES string of the molecule is CN1CCCC1c1ccc[n+](C2OC(C(=O)[O-])C(O)C(O)C2O)c1. The van der Waals surface area contributed by atoms with Gasteiger partial charge in [-0.25, -0.2) is 0 Å². The number of carboxylic acids is 1. The highest BCUT2D eigenvalue weighted by Crippen LogP contribution is 2.30. The second-order valence-corrected chi connectivity index (χ2v) is 6.46. The molecule has 1 aromatic heterocycles. The molecule has 132 valence electrons. The molecule has 0 amide bonds. The molecule has 6 unspecified atom stereocenters. The van der Waals surface area contributed by atoms with Crippen LogP contribution in [0.1, 0.15) is 30.7 Å². The molecule has 3 heterocycles. The molecule has 2 fully saturated rings. The van der Waals surface area contributed by atoms with Crippen LogP contribution in [0.15, 0.2) is 24.5 Å². The quantitative estimate of drug-likeness (QED) is 0.520. The van der Waals surface area contributed by atoms with Gasteiger partial charge in [-0.05, 0) is 32.5 Å². The van der Waals surface area contributed by atoms with E-state index in [9.17, 15) is 25.2 Å². The van der Waals surface area contributed by atoms with Crippen LogP contribution in [0.5, 0.6) is 0 Å². The Morgan fingerprint density at radius 1 is 1.33 bits per heavy atom. The number of carboxylic acid groups (broad SMARTS) is 1. The van der Waals surface area contributed by atoms with E-state index in [0.717, 1.165) is 24.9 Å². The first kappa shape index (κ1) is 17.2. The molecule has 2 saturated heterocycles. The molecule has 3 rings (SSSR count). The third-order valence-corrected chi connectivity index (χ3v) is 4.86. The van der Waals surface area contributed by atoms with Crippen LogP contribution in [0, 0.1) is 0 Å². The fraction of sp³-hybridized carbons (Fsp3) is 0.625. The summed E-state index contributed by atoms with van der Waals surface area (Å²) in [4.78, 5) is 13.3. The van der Waals surface area contributed by atoms with Gasteiger partial charge in [0.2, 0.25) is 0 Å². The Hall–Kier alpha value is -1.58. The fourth-order valence-corrected chi connectivity index (χ4v) is 3.50. The summed E-state index contributed by atoms with van der Waals surface area (Å²) in [5, 5.41) is 41.0. The van der Waals surface area contributed by atoms with Crippen molar-refractivity contribution in [1.29, 1.82) is 0 Å². The lowest BCUT2D eigenvalue weighted by Crippen LogP contribution is -2.65. The van der Waals surface area contributed by atoms with Crippen LogP contribution in [-0.4, -0.2) is 64.2 Å². The van der Waals surface area contributed by atoms with E-state index in [1.807, 2.05) is 13.1 Å². The van der Waals surface area contributed by atoms with Crippen molar-refractivity contribution in [2.75, 3.05) is 13.6 Å². The van der Waals surface area contributed by atoms with Gasteiger partial charge in [0.1, 0.15) is 18.3 Å². The second-order valence-electron chi connectivity index (χ2n) is 6.46. The van der Waals surface area contributed by atoms with Gasteiger partial charge >= 0.3 is 0 Å². The zero-order chi connectivity index (χ0) is 17.4. The minimum absolute atomic E-state index is 0.241. The Kier molecular flexibility index (Phi) is 4.84. The number of ether oxygens (including phenoxy) is 1. The largest absolute Gasteiger partial charge is 0.547 e. The molecule has 0 aliphatic carbocycles. The summed E-state index contributed by atoms with van der Waals surface area (Å²) in [7, 11) is 2.03. The first-order chi connectivity index (χ1) is 11.4. The molecule has 3 N–H and O–H groups in total. The number of rotatable bonds is 3. The molecule has 0 saturated carbocycles. The average Bonchev–Trinajstić information content (AvgIpc) is 2.99. The van der Waals surface area contributed by atoms with E-state index in [4.69, 9.17) is 4.74 Å². The molecular weight excluding hydrogens is 316 g/mol. The number of aromatic nitrogens is 1. The molecule has 2 aliphatic rings. The van der Waals surface area contributed by atoms with E-state index < -0.39 is 36.6 Å². The van der Waals surface area contributed by atoms with Crippen LogP contribution >= 0.6 is 0 Å². The van der Waals surface area contributed by atoms with E-state index in [-0.39, 0.29) is 6.04 Å². The first-order valence-electron chi connectivity index (χ1n) is 8.01. The van der Waals surface area contributed by atoms with Crippen LogP contribution in [0.25, 0.3) is 0 Å². The topological polar surface area (TPSA) is 117 Å². The Balaban J connectivity index is 1.88. The lowest BCUT2D eigenvalue weighted by atomic mass is 9.97. The lowest BCUT2D eigenvalue weighted by molar-refractivity contribution is -0.777. The molecule has 8 heteroatoms. The number of nitrogens with zero attached hydrogens (tertiary/aromatic N) is 2. The fourth-order valence-electron chi connectivity index (χ4n) is 3.50. The number of hydrogen-bond donors (Lipinski definition) is 3. The summed E-state index contributed by atoms with van der Waals surface area (Å²) >= 11 is 0. The number of aliphatic hydroxyl groups excluding tert-OH is 3. The summed E-state index contributed by atoms with van der Waals surface area (Å²) in [6.45, 7) is 1.000. The van der Waals surface area contributed by atoms with E-state index in [0.29, 0.717) is 0 Å². The van der Waals surface area contributed by atoms with Crippen molar-refractivity contribution in [3.05, 3.63) is 30.1 Å². The minimum Gasteiger partial charge on any atom is -0.547 e. The Morgan fingerprint density at radius 3 is 2.71 bits per heavy atom. The highest BCUT2D eigenvalue weighted by Gasteiger charge is 2.48. The third-order valence-electron chi connectivity index (χ3n) is 4.86. The van der Waals surface area contributed by atoms with Gasteiger partial charge < -0.3 is 30.0 Å². The number of likely N-dealkylation sites (tertiary alicyclic amines) is 1. The zero-order valence-corrected chi connectivity index (χ0v) is 13.4. The van der Waals surface area contributed by atoms with E-state index in [1.165, 1.54) is 4.57 Å². The summed E-state index contributed by atoms with van der Waals surface area (Å²) < 4.78 is 6.83. The van der Waals surface area contributed by atoms with Gasteiger partial charge in [-0.1, -0.05) is 0 Å². The average molecular weight is 338 g/mol. The number of pyridine rings is 1. The van der Waals surface area contributed by atoms with Gasteiger partial charge in [0.15, 0.2) is 18.5 Å². The maximum Gasteiger partial charge on any atom is 0.292 e. The van der Waals surface area contributed by atoms with Gasteiger partial charge in [0.25, 0.3) is 6.23 Å². The highest BCUT2D eigenvalue weighted by atomic mass is 16.6. The lowest BCUT2D eigenvalue weighted by Gasteiger charge is -2.37. The van der Waals surface area contributed by atoms with Gasteiger partial charge in [0, 0.05) is 17.7 Å². The highest BCUT2D eigenvalue weighted by molar-refractivity contribution is 5.71. The maximum absolute atomic E-state index is 11.1. The maximum atomic E-state index is 11.1. The van der Waals surface area contributed by atoms with E-state index in [2.05, 4.69) is 4.90 Å². The van der Waals surface area contributed by atoms with Crippen LogP contribution in [0.4, 0.5) is 0 Å². The molecule has 1 aromatic rings. The van der Waals surface area contributed by atoms with Crippen LogP contribution in [0.2, 0.25) is 0 Å². The van der Waals surface area contributed by atoms with E-state index >= 15 is 0 Å². The van der Waals surface area contributed by atoms with Crippen molar-refractivity contribution < 1.29 is 34.5 Å². The van der Waals surface area contributed by atoms with Crippen molar-refractivity contribution in [3.63, 3.8) is 0 Å². The summed E-state index contributed by atoms with van der Waals surface area (Å²) in [5.74, 6) is -1.63. The van der Waals surface area contributed by atoms with Crippen molar-refractivity contribution in [3.8, 4) is 0 Å². The van der Waals surface area contributed by atoms with Crippen molar-refractivity contribution in [1.82, 2.24) is 4.90 Å². The molecule has 24 heavy (non-hydrogen) atoms. The van der Waals surface area contributed by atoms with Crippen LogP contribution < -0.4 is 9.67 Å². The molecule has 8 nitrogen and oxygen atoms in total. The summed E-state index contributed by atoms with van der Waals surface area (Å²) in [6, 6.07) is 3.98. The van der Waals surface area contributed by atoms with Crippen LogP contribution in [-0.2, 0) is 9.53 Å². The third kappa shape index (κ3) is 3.03. The van der Waals surface area contributed by atoms with Crippen molar-refractivity contribution in [2.24, 2.45) is 0 Å². The molecule has 2 aliphatic heterocycles. The first-order valence-corrected chi connectivity index (χ1v) is 8.01. The molecule has 0 spiro atoms. The standard InChI is InChI=1S/C16H22N2O6/c1-17-6-3-5-10(17)9-4-2-7-18(8-9)15-13(21)11(19)12(20)14(24-15)16(22)23/h2,4,7-8,10-15,19-21H,3,5-6H2,1H3. The van der Waals surface area contributed by atoms with Gasteiger partial charge in [-0.2, -0.15) is 4.57 Å². The number of aliphatic hydroxyl groups is 3. The smallest absolute Gasteiger partial charge is 0.292 e. The van der Waals surface area contributed by atoms with E-state index in [1.54, 1.807) is 18.5 Å². The second kappa shape index (κ2) is 6.73. The Morgan fingerprint density at radius 2 is 2.08 bits per heavy atom. The number of carbonyl (C=O) groups excluding carboxylic acids is 1. The zero-order valence-electron chi connectivity index (χ0n) is 13.4.